The van der Waals surface area contributed by atoms with Gasteiger partial charge in [-0.2, -0.15) is 0 Å². The first-order valence-electron chi connectivity index (χ1n) is 7.44. The Hall–Kier alpha value is 0.0319. The first-order valence-corrected chi connectivity index (χ1v) is 11.3. The molecule has 7 heteroatoms. The van der Waals surface area contributed by atoms with Crippen LogP contribution in [-0.2, 0) is 0 Å². The van der Waals surface area contributed by atoms with Gasteiger partial charge in [-0.1, -0.05) is 0 Å². The van der Waals surface area contributed by atoms with E-state index in [4.69, 9.17) is 11.1 Å². The summed E-state index contributed by atoms with van der Waals surface area (Å²) in [5.74, 6) is 0.796. The molecule has 2 saturated heterocycles. The van der Waals surface area contributed by atoms with E-state index in [9.17, 15) is 5.11 Å². The van der Waals surface area contributed by atoms with Gasteiger partial charge >= 0.3 is 171 Å². The maximum absolute atomic E-state index is 9.68. The van der Waals surface area contributed by atoms with E-state index in [0.29, 0.717) is 10.5 Å². The number of fused-ring (bicyclic) bond motifs is 1. The van der Waals surface area contributed by atoms with E-state index >= 15 is 0 Å². The number of nitrogens with one attached hydrogen (secondary N) is 1. The third kappa shape index (κ3) is 3.83. The monoisotopic (exact) mass is 652 g/mol. The number of aliphatic hydroxyl groups excluding tert-OH is 1. The zero-order valence-corrected chi connectivity index (χ0v) is 19.5. The topological polar surface area (TPSA) is 76.6 Å². The summed E-state index contributed by atoms with van der Waals surface area (Å²) in [4.78, 5) is 3.93. The van der Waals surface area contributed by atoms with Gasteiger partial charge in [0.15, 0.2) is 0 Å². The van der Waals surface area contributed by atoms with Crippen molar-refractivity contribution in [2.45, 2.75) is 23.0 Å². The van der Waals surface area contributed by atoms with Crippen molar-refractivity contribution in [3.05, 3.63) is 47.2 Å². The molecule has 5 nitrogen and oxygen atoms in total. The van der Waals surface area contributed by atoms with Crippen LogP contribution in [0.3, 0.4) is 0 Å². The number of nitrogens with two attached hydrogens (primary N) is 1. The number of hydrogen-bond acceptors (Lipinski definition) is 4. The van der Waals surface area contributed by atoms with Crippen molar-refractivity contribution in [2.24, 2.45) is 5.73 Å². The molecule has 0 radical (unpaired) electrons. The van der Waals surface area contributed by atoms with Crippen LogP contribution in [0.15, 0.2) is 33.3 Å². The molecular weight excluding hydrogens is 629 g/mol. The summed E-state index contributed by atoms with van der Waals surface area (Å²) in [6.45, 7) is 8.81. The molecule has 2 heterocycles. The average molecular weight is 652 g/mol. The van der Waals surface area contributed by atoms with Crippen LogP contribution < -0.4 is 5.73 Å². The molecule has 0 amide bonds. The summed E-state index contributed by atoms with van der Waals surface area (Å²) in [6, 6.07) is 0. The molecule has 3 rings (SSSR count). The summed E-state index contributed by atoms with van der Waals surface area (Å²) in [5.41, 5.74) is 8.00. The minimum Gasteiger partial charge on any atom is 2.00 e. The molecule has 0 spiro atoms. The van der Waals surface area contributed by atoms with Crippen LogP contribution in [0.4, 0.5) is 0 Å². The Morgan fingerprint density at radius 3 is 2.78 bits per heavy atom. The van der Waals surface area contributed by atoms with Gasteiger partial charge in [-0.3, -0.25) is 0 Å². The molecule has 0 aromatic rings. The van der Waals surface area contributed by atoms with Gasteiger partial charge in [0.1, 0.15) is 0 Å². The van der Waals surface area contributed by atoms with E-state index in [0.717, 1.165) is 30.9 Å². The Bertz CT molecular complexity index is 572. The number of hydrogen-bond donors (Lipinski definition) is 3. The van der Waals surface area contributed by atoms with Crippen molar-refractivity contribution in [3.8, 4) is 0 Å². The van der Waals surface area contributed by atoms with Gasteiger partial charge in [0.05, 0.1) is 0 Å². The van der Waals surface area contributed by atoms with Gasteiger partial charge < -0.3 is 0 Å². The third-order valence-corrected chi connectivity index (χ3v) is 10.4. The van der Waals surface area contributed by atoms with Crippen molar-refractivity contribution in [1.82, 2.24) is 9.80 Å². The predicted molar refractivity (Wildman–Crippen MR) is 98.2 cm³/mol. The zero-order valence-electron chi connectivity index (χ0n) is 13.1. The number of rotatable bonds is 4. The van der Waals surface area contributed by atoms with E-state index in [1.165, 1.54) is 13.7 Å². The van der Waals surface area contributed by atoms with E-state index in [-0.39, 0.29) is 31.1 Å². The fourth-order valence-electron chi connectivity index (χ4n) is 3.01. The molecule has 0 bridgehead atoms. The van der Waals surface area contributed by atoms with Gasteiger partial charge in [0.25, 0.3) is 0 Å². The summed E-state index contributed by atoms with van der Waals surface area (Å²) >= 11 is -1.05. The smallest absolute Gasteiger partial charge is 2.00 e. The maximum atomic E-state index is 9.68. The largest absolute Gasteiger partial charge is 2.00 e. The van der Waals surface area contributed by atoms with Gasteiger partial charge in [-0.15, -0.1) is 0 Å². The Morgan fingerprint density at radius 2 is 2.26 bits per heavy atom. The second kappa shape index (κ2) is 7.94. The fourth-order valence-corrected chi connectivity index (χ4v) is 9.01. The molecule has 1 aliphatic carbocycles. The van der Waals surface area contributed by atoms with Gasteiger partial charge in [-0.25, -0.2) is 0 Å². The van der Waals surface area contributed by atoms with Crippen molar-refractivity contribution in [3.63, 3.8) is 0 Å². The average Bonchev–Trinajstić information content (AvgIpc) is 3.30. The Kier molecular flexibility index (Phi) is 6.68. The quantitative estimate of drug-likeness (QED) is 0.188. The van der Waals surface area contributed by atoms with Gasteiger partial charge in [0, 0.05) is 0 Å². The molecule has 124 valence electrons. The Balaban J connectivity index is 0.00000192. The van der Waals surface area contributed by atoms with E-state index in [1.54, 1.807) is 11.1 Å². The number of aliphatic hydroxyl groups is 1. The molecule has 2 unspecified atom stereocenters. The third-order valence-electron chi connectivity index (χ3n) is 4.33. The van der Waals surface area contributed by atoms with E-state index < -0.39 is 26.0 Å². The van der Waals surface area contributed by atoms with Crippen LogP contribution in [0, 0.1) is 50.4 Å². The molecule has 0 aromatic carbocycles. The van der Waals surface area contributed by atoms with Gasteiger partial charge in [0.2, 0.25) is 0 Å². The minimum atomic E-state index is -1.05. The number of alkyl halides is 2. The number of allylic oxidation sites excluding steroid dienone is 4. The van der Waals surface area contributed by atoms with Crippen LogP contribution in [0.1, 0.15) is 12.8 Å². The molecular formula is C16H23IN4OU. The molecule has 2 atom stereocenters. The van der Waals surface area contributed by atoms with Crippen LogP contribution in [0.25, 0.3) is 0 Å². The maximum Gasteiger partial charge on any atom is 2.00 e. The predicted octanol–water partition coefficient (Wildman–Crippen LogP) is 1.82. The second-order valence-electron chi connectivity index (χ2n) is 5.59. The normalized spacial score (nSPS) is 27.7. The molecule has 3 aliphatic rings. The van der Waals surface area contributed by atoms with E-state index in [1.807, 2.05) is 6.08 Å². The molecule has 2 aliphatic heterocycles. The molecule has 4 N–H and O–H groups in total. The fraction of sp³-hybridized carbons (Fsp3) is 0.438. The van der Waals surface area contributed by atoms with Gasteiger partial charge in [-0.05, 0) is 0 Å². The molecule has 0 aromatic heterocycles. The Morgan fingerprint density at radius 1 is 1.52 bits per heavy atom. The summed E-state index contributed by atoms with van der Waals surface area (Å²) in [6.07, 6.45) is 6.83. The van der Waals surface area contributed by atoms with Crippen LogP contribution in [0.2, 0.25) is 0 Å². The van der Waals surface area contributed by atoms with Crippen LogP contribution >= 0.6 is 19.8 Å². The van der Waals surface area contributed by atoms with Crippen LogP contribution in [-0.4, -0.2) is 48.4 Å². The number of halogens is 1. The summed E-state index contributed by atoms with van der Waals surface area (Å²) in [5, 5.41) is 18.1. The molecule has 2 fully saturated rings. The summed E-state index contributed by atoms with van der Waals surface area (Å²) in [7, 11) is 0. The van der Waals surface area contributed by atoms with Crippen LogP contribution in [0.5, 0.6) is 0 Å². The SMILES string of the molecule is [CH2-]CN(C1=CC=C(N2C/C(=C/N)I3CC3C2=N)CC1)C([CH2-])O.[U+2]. The van der Waals surface area contributed by atoms with Crippen molar-refractivity contribution >= 4 is 25.7 Å². The number of nitrogens with zero attached hydrogens (tertiary/aromatic N) is 2. The zero-order chi connectivity index (χ0) is 15.9. The summed E-state index contributed by atoms with van der Waals surface area (Å²) < 4.78 is 3.14. The second-order valence-corrected chi connectivity index (χ2v) is 11.6. The van der Waals surface area contributed by atoms with Crippen molar-refractivity contribution in [2.75, 3.05) is 17.5 Å². The van der Waals surface area contributed by atoms with Crippen molar-refractivity contribution in [1.29, 1.82) is 5.41 Å². The first-order chi connectivity index (χ1) is 10.6. The Labute approximate surface area is 169 Å². The molecule has 23 heavy (non-hydrogen) atoms. The minimum absolute atomic E-state index is 0. The van der Waals surface area contributed by atoms with E-state index in [2.05, 4.69) is 24.8 Å². The molecule has 0 saturated carbocycles. The van der Waals surface area contributed by atoms with Crippen molar-refractivity contribution < 1.29 is 36.2 Å². The number of amidine groups is 1. The standard InChI is InChI=1S/C16H23IN4O.U/c1-3-20(11(2)22)13-4-6-14(7-5-13)21-10-12(9-18)17-8-15(17)16(21)19;/h4,6,9,11,15,19,22H,1-3,5,7-8,10,18H2;/q-2;+2/b12-9-,19-16?;. The first kappa shape index (κ1) is 19.4.